The lowest BCUT2D eigenvalue weighted by Crippen LogP contribution is -2.39. The second kappa shape index (κ2) is 9.99. The van der Waals surface area contributed by atoms with Crippen molar-refractivity contribution < 1.29 is 19.0 Å². The van der Waals surface area contributed by atoms with Crippen LogP contribution in [0.3, 0.4) is 0 Å². The number of benzene rings is 2. The van der Waals surface area contributed by atoms with Crippen LogP contribution in [0, 0.1) is 0 Å². The van der Waals surface area contributed by atoms with E-state index >= 15 is 0 Å². The molecule has 0 bridgehead atoms. The molecule has 4 rings (SSSR count). The fraction of sp³-hybridized carbons (Fsp3) is 0.240. The van der Waals surface area contributed by atoms with Crippen molar-refractivity contribution in [3.63, 3.8) is 0 Å². The maximum absolute atomic E-state index is 13.6. The molecule has 0 saturated heterocycles. The lowest BCUT2D eigenvalue weighted by molar-refractivity contribution is -0.139. The van der Waals surface area contributed by atoms with E-state index in [1.807, 2.05) is 36.4 Å². The van der Waals surface area contributed by atoms with E-state index in [1.54, 1.807) is 44.8 Å². The van der Waals surface area contributed by atoms with Crippen molar-refractivity contribution in [1.29, 1.82) is 0 Å². The van der Waals surface area contributed by atoms with E-state index in [0.29, 0.717) is 36.6 Å². The molecule has 0 saturated carbocycles. The topological polar surface area (TPSA) is 79.1 Å². The quantitative estimate of drug-likeness (QED) is 0.445. The Hall–Kier alpha value is -3.17. The van der Waals surface area contributed by atoms with Crippen LogP contribution in [0.1, 0.15) is 31.0 Å². The second-order valence-electron chi connectivity index (χ2n) is 7.45. The van der Waals surface area contributed by atoms with Gasteiger partial charge in [-0.05, 0) is 59.1 Å². The van der Waals surface area contributed by atoms with Gasteiger partial charge in [0.2, 0.25) is 0 Å². The molecule has 1 aliphatic rings. The van der Waals surface area contributed by atoms with E-state index in [0.717, 1.165) is 11.1 Å². The highest BCUT2D eigenvalue weighted by Crippen LogP contribution is 2.36. The highest BCUT2D eigenvalue weighted by Gasteiger charge is 2.33. The molecule has 0 aliphatic carbocycles. The Labute approximate surface area is 208 Å². The third kappa shape index (κ3) is 4.33. The highest BCUT2D eigenvalue weighted by molar-refractivity contribution is 9.10. The summed E-state index contributed by atoms with van der Waals surface area (Å²) in [6.07, 6.45) is 1.78. The first kappa shape index (κ1) is 24.0. The van der Waals surface area contributed by atoms with E-state index in [1.165, 1.54) is 11.3 Å². The van der Waals surface area contributed by atoms with Gasteiger partial charge in [-0.25, -0.2) is 9.79 Å². The number of rotatable bonds is 6. The molecule has 7 nitrogen and oxygen atoms in total. The number of thiazole rings is 1. The molecule has 0 amide bonds. The third-order valence-corrected chi connectivity index (χ3v) is 6.96. The minimum absolute atomic E-state index is 0.232. The number of ether oxygens (including phenoxy) is 3. The summed E-state index contributed by atoms with van der Waals surface area (Å²) in [4.78, 5) is 31.6. The Balaban J connectivity index is 1.94. The van der Waals surface area contributed by atoms with E-state index in [4.69, 9.17) is 14.2 Å². The number of fused-ring (bicyclic) bond motifs is 1. The molecule has 1 atom stereocenters. The number of methoxy groups -OCH3 is 2. The van der Waals surface area contributed by atoms with E-state index in [9.17, 15) is 9.59 Å². The van der Waals surface area contributed by atoms with Gasteiger partial charge in [0.05, 0.1) is 47.1 Å². The van der Waals surface area contributed by atoms with Crippen molar-refractivity contribution in [3.05, 3.63) is 89.0 Å². The van der Waals surface area contributed by atoms with E-state index in [2.05, 4.69) is 20.9 Å². The monoisotopic (exact) mass is 542 g/mol. The van der Waals surface area contributed by atoms with E-state index < -0.39 is 12.0 Å². The van der Waals surface area contributed by atoms with Gasteiger partial charge in [0, 0.05) is 0 Å². The normalized spacial score (nSPS) is 15.6. The maximum atomic E-state index is 13.6. The van der Waals surface area contributed by atoms with Crippen LogP contribution in [-0.2, 0) is 9.53 Å². The van der Waals surface area contributed by atoms with Crippen molar-refractivity contribution in [2.45, 2.75) is 19.9 Å². The fourth-order valence-corrected chi connectivity index (χ4v) is 5.58. The molecule has 176 valence electrons. The van der Waals surface area contributed by atoms with Gasteiger partial charge >= 0.3 is 5.97 Å². The van der Waals surface area contributed by atoms with Crippen LogP contribution in [0.4, 0.5) is 0 Å². The largest absolute Gasteiger partial charge is 0.493 e. The predicted octanol–water partition coefficient (Wildman–Crippen LogP) is 3.58. The molecule has 2 heterocycles. The van der Waals surface area contributed by atoms with Crippen molar-refractivity contribution in [2.75, 3.05) is 20.8 Å². The highest BCUT2D eigenvalue weighted by atomic mass is 79.9. The summed E-state index contributed by atoms with van der Waals surface area (Å²) in [5, 5.41) is 0. The van der Waals surface area contributed by atoms with Gasteiger partial charge in [-0.15, -0.1) is 0 Å². The minimum atomic E-state index is -0.629. The number of hydrogen-bond donors (Lipinski definition) is 0. The molecule has 0 radical (unpaired) electrons. The smallest absolute Gasteiger partial charge is 0.338 e. The van der Waals surface area contributed by atoms with Crippen molar-refractivity contribution in [3.8, 4) is 11.5 Å². The zero-order valence-electron chi connectivity index (χ0n) is 19.1. The Bertz CT molecular complexity index is 1460. The summed E-state index contributed by atoms with van der Waals surface area (Å²) in [5.74, 6) is 0.633. The molecule has 1 aliphatic heterocycles. The number of esters is 1. The first-order valence-corrected chi connectivity index (χ1v) is 12.2. The van der Waals surface area contributed by atoms with Crippen molar-refractivity contribution >= 4 is 39.3 Å². The van der Waals surface area contributed by atoms with Crippen LogP contribution in [0.5, 0.6) is 11.5 Å². The third-order valence-electron chi connectivity index (χ3n) is 5.39. The molecule has 0 unspecified atom stereocenters. The molecule has 34 heavy (non-hydrogen) atoms. The minimum Gasteiger partial charge on any atom is -0.493 e. The average Bonchev–Trinajstić information content (AvgIpc) is 3.12. The van der Waals surface area contributed by atoms with Crippen molar-refractivity contribution in [2.24, 2.45) is 4.99 Å². The lowest BCUT2D eigenvalue weighted by Gasteiger charge is -2.24. The number of carbonyl (C=O) groups excluding carboxylic acids is 1. The molecule has 1 aromatic heterocycles. The SMILES string of the molecule is CCOC(=O)C1=C(C)N=c2s/c(=C/c3cc(Br)c(OC)c(OC)c3)c(=O)n2[C@@H]1c1ccccc1. The predicted molar refractivity (Wildman–Crippen MR) is 134 cm³/mol. The molecular weight excluding hydrogens is 520 g/mol. The standard InChI is InChI=1S/C25H23BrN2O5S/c1-5-33-24(30)20-14(2)27-25-28(21(20)16-9-7-6-8-10-16)23(29)19(34-25)13-15-11-17(26)22(32-4)18(12-15)31-3/h6-13,21H,5H2,1-4H3/b19-13+/t21-/m1/s1. The lowest BCUT2D eigenvalue weighted by atomic mass is 9.96. The van der Waals surface area contributed by atoms with Crippen LogP contribution >= 0.6 is 27.3 Å². The van der Waals surface area contributed by atoms with Gasteiger partial charge in [-0.1, -0.05) is 41.7 Å². The van der Waals surface area contributed by atoms with Crippen LogP contribution in [-0.4, -0.2) is 31.4 Å². The maximum Gasteiger partial charge on any atom is 0.338 e. The van der Waals surface area contributed by atoms with Gasteiger partial charge < -0.3 is 14.2 Å². The van der Waals surface area contributed by atoms with Crippen LogP contribution < -0.4 is 24.4 Å². The van der Waals surface area contributed by atoms with Gasteiger partial charge in [0.1, 0.15) is 0 Å². The van der Waals surface area contributed by atoms with Gasteiger partial charge in [-0.2, -0.15) is 0 Å². The first-order chi connectivity index (χ1) is 16.4. The summed E-state index contributed by atoms with van der Waals surface area (Å²) >= 11 is 4.76. The number of halogens is 1. The van der Waals surface area contributed by atoms with Crippen molar-refractivity contribution in [1.82, 2.24) is 4.57 Å². The number of hydrogen-bond acceptors (Lipinski definition) is 7. The van der Waals surface area contributed by atoms with E-state index in [-0.39, 0.29) is 12.2 Å². The number of nitrogens with zero attached hydrogens (tertiary/aromatic N) is 2. The number of carbonyl (C=O) groups is 1. The molecule has 9 heteroatoms. The Kier molecular flexibility index (Phi) is 7.04. The van der Waals surface area contributed by atoms with Gasteiger partial charge in [0.15, 0.2) is 16.3 Å². The molecule has 0 spiro atoms. The summed E-state index contributed by atoms with van der Waals surface area (Å²) in [6.45, 7) is 3.75. The van der Waals surface area contributed by atoms with Gasteiger partial charge in [0.25, 0.3) is 5.56 Å². The number of allylic oxidation sites excluding steroid dienone is 1. The summed E-state index contributed by atoms with van der Waals surface area (Å²) in [6, 6.07) is 12.5. The molecule has 0 fully saturated rings. The molecule has 2 aromatic carbocycles. The number of aromatic nitrogens is 1. The Morgan fingerprint density at radius 1 is 1.21 bits per heavy atom. The average molecular weight is 543 g/mol. The Morgan fingerprint density at radius 2 is 1.94 bits per heavy atom. The molecular formula is C25H23BrN2O5S. The summed E-state index contributed by atoms with van der Waals surface area (Å²) in [5.41, 5.74) is 2.22. The summed E-state index contributed by atoms with van der Waals surface area (Å²) < 4.78 is 18.9. The molecule has 3 aromatic rings. The zero-order chi connectivity index (χ0) is 24.4. The molecule has 0 N–H and O–H groups in total. The second-order valence-corrected chi connectivity index (χ2v) is 9.31. The van der Waals surface area contributed by atoms with Crippen LogP contribution in [0.25, 0.3) is 6.08 Å². The van der Waals surface area contributed by atoms with Crippen LogP contribution in [0.15, 0.2) is 68.0 Å². The summed E-state index contributed by atoms with van der Waals surface area (Å²) in [7, 11) is 3.12. The zero-order valence-corrected chi connectivity index (χ0v) is 21.5. The Morgan fingerprint density at radius 3 is 2.59 bits per heavy atom. The first-order valence-electron chi connectivity index (χ1n) is 10.6. The van der Waals surface area contributed by atoms with Crippen LogP contribution in [0.2, 0.25) is 0 Å². The van der Waals surface area contributed by atoms with Gasteiger partial charge in [-0.3, -0.25) is 9.36 Å². The fourth-order valence-electron chi connectivity index (χ4n) is 3.91.